The summed E-state index contributed by atoms with van der Waals surface area (Å²) in [5.74, 6) is 0.494. The summed E-state index contributed by atoms with van der Waals surface area (Å²) in [7, 11) is 0. The molecule has 108 valence electrons. The fraction of sp³-hybridized carbons (Fsp3) is 0.923. The van der Waals surface area contributed by atoms with Crippen molar-refractivity contribution in [1.82, 2.24) is 5.32 Å². The zero-order valence-corrected chi connectivity index (χ0v) is 11.8. The monoisotopic (exact) mass is 267 g/mol. The summed E-state index contributed by atoms with van der Waals surface area (Å²) in [6, 6.07) is 0. The van der Waals surface area contributed by atoms with Crippen molar-refractivity contribution in [3.8, 4) is 0 Å². The van der Waals surface area contributed by atoms with E-state index >= 15 is 0 Å². The molecule has 0 aromatic carbocycles. The molecule has 1 amide bonds. The lowest BCUT2D eigenvalue weighted by Crippen LogP contribution is -2.57. The minimum Gasteiger partial charge on any atom is -0.368 e. The SMILES string of the molecule is CCCC1CCC(NCCCN=[N+]=[N-])(C(N)=O)CC1. The van der Waals surface area contributed by atoms with Gasteiger partial charge in [-0.05, 0) is 50.1 Å². The smallest absolute Gasteiger partial charge is 0.237 e. The lowest BCUT2D eigenvalue weighted by atomic mass is 9.74. The quantitative estimate of drug-likeness (QED) is 0.305. The number of nitrogens with two attached hydrogens (primary N) is 1. The second-order valence-electron chi connectivity index (χ2n) is 5.41. The van der Waals surface area contributed by atoms with Crippen molar-refractivity contribution in [3.63, 3.8) is 0 Å². The second-order valence-corrected chi connectivity index (χ2v) is 5.41. The van der Waals surface area contributed by atoms with Gasteiger partial charge in [0, 0.05) is 11.5 Å². The maximum Gasteiger partial charge on any atom is 0.237 e. The number of azide groups is 1. The highest BCUT2D eigenvalue weighted by Gasteiger charge is 2.39. The molecule has 0 aliphatic heterocycles. The number of amides is 1. The van der Waals surface area contributed by atoms with Gasteiger partial charge in [0.05, 0.1) is 5.54 Å². The van der Waals surface area contributed by atoms with Crippen LogP contribution in [-0.2, 0) is 4.79 Å². The molecule has 0 bridgehead atoms. The molecular weight excluding hydrogens is 242 g/mol. The van der Waals surface area contributed by atoms with Gasteiger partial charge in [-0.15, -0.1) is 0 Å². The molecule has 6 heteroatoms. The number of nitrogens with zero attached hydrogens (tertiary/aromatic N) is 3. The Morgan fingerprint density at radius 3 is 2.74 bits per heavy atom. The van der Waals surface area contributed by atoms with Crippen LogP contribution in [-0.4, -0.2) is 24.5 Å². The van der Waals surface area contributed by atoms with Gasteiger partial charge in [0.15, 0.2) is 0 Å². The van der Waals surface area contributed by atoms with Crippen LogP contribution in [0.1, 0.15) is 51.9 Å². The van der Waals surface area contributed by atoms with E-state index < -0.39 is 5.54 Å². The van der Waals surface area contributed by atoms with Gasteiger partial charge < -0.3 is 11.1 Å². The number of hydrogen-bond acceptors (Lipinski definition) is 3. The van der Waals surface area contributed by atoms with Gasteiger partial charge in [0.25, 0.3) is 0 Å². The van der Waals surface area contributed by atoms with E-state index in [1.165, 1.54) is 12.8 Å². The predicted octanol–water partition coefficient (Wildman–Crippen LogP) is 2.49. The van der Waals surface area contributed by atoms with Gasteiger partial charge in [-0.2, -0.15) is 0 Å². The molecule has 1 fully saturated rings. The van der Waals surface area contributed by atoms with Gasteiger partial charge in [-0.25, -0.2) is 0 Å². The number of primary amides is 1. The summed E-state index contributed by atoms with van der Waals surface area (Å²) in [4.78, 5) is 14.4. The fourth-order valence-corrected chi connectivity index (χ4v) is 2.90. The molecule has 0 saturated heterocycles. The molecule has 19 heavy (non-hydrogen) atoms. The van der Waals surface area contributed by atoms with Crippen LogP contribution in [0.25, 0.3) is 10.4 Å². The summed E-state index contributed by atoms with van der Waals surface area (Å²) in [6.45, 7) is 3.32. The molecule has 0 aromatic rings. The first kappa shape index (κ1) is 15.8. The Hall–Kier alpha value is -1.26. The largest absolute Gasteiger partial charge is 0.368 e. The van der Waals surface area contributed by atoms with Gasteiger partial charge in [0.1, 0.15) is 0 Å². The molecular formula is C13H25N5O. The van der Waals surface area contributed by atoms with Crippen molar-refractivity contribution < 1.29 is 4.79 Å². The third-order valence-corrected chi connectivity index (χ3v) is 4.09. The maximum atomic E-state index is 11.7. The maximum absolute atomic E-state index is 11.7. The summed E-state index contributed by atoms with van der Waals surface area (Å²) in [5, 5.41) is 6.78. The first-order valence-corrected chi connectivity index (χ1v) is 7.20. The predicted molar refractivity (Wildman–Crippen MR) is 75.4 cm³/mol. The molecule has 0 aromatic heterocycles. The van der Waals surface area contributed by atoms with Crippen LogP contribution in [0.5, 0.6) is 0 Å². The van der Waals surface area contributed by atoms with Crippen LogP contribution in [0, 0.1) is 5.92 Å². The highest BCUT2D eigenvalue weighted by molar-refractivity contribution is 5.84. The Bertz CT molecular complexity index is 330. The Morgan fingerprint density at radius 1 is 1.53 bits per heavy atom. The molecule has 1 rings (SSSR count). The van der Waals surface area contributed by atoms with Crippen LogP contribution in [0.2, 0.25) is 0 Å². The highest BCUT2D eigenvalue weighted by Crippen LogP contribution is 2.34. The second kappa shape index (κ2) is 8.02. The van der Waals surface area contributed by atoms with E-state index in [1.807, 2.05) is 0 Å². The van der Waals surface area contributed by atoms with E-state index in [0.29, 0.717) is 13.1 Å². The van der Waals surface area contributed by atoms with E-state index in [2.05, 4.69) is 22.3 Å². The Morgan fingerprint density at radius 2 is 2.21 bits per heavy atom. The number of nitrogens with one attached hydrogen (secondary N) is 1. The summed E-state index contributed by atoms with van der Waals surface area (Å²) >= 11 is 0. The Kier molecular flexibility index (Phi) is 6.67. The van der Waals surface area contributed by atoms with Crippen LogP contribution in [0.3, 0.4) is 0 Å². The van der Waals surface area contributed by atoms with Crippen LogP contribution in [0.15, 0.2) is 5.11 Å². The average molecular weight is 267 g/mol. The topological polar surface area (TPSA) is 104 Å². The number of hydrogen-bond donors (Lipinski definition) is 2. The third-order valence-electron chi connectivity index (χ3n) is 4.09. The molecule has 1 aliphatic rings. The summed E-state index contributed by atoms with van der Waals surface area (Å²) < 4.78 is 0. The molecule has 0 spiro atoms. The van der Waals surface area contributed by atoms with E-state index in [-0.39, 0.29) is 5.91 Å². The van der Waals surface area contributed by atoms with E-state index in [9.17, 15) is 4.79 Å². The van der Waals surface area contributed by atoms with Gasteiger partial charge >= 0.3 is 0 Å². The molecule has 6 nitrogen and oxygen atoms in total. The average Bonchev–Trinajstić information content (AvgIpc) is 2.40. The van der Waals surface area contributed by atoms with Crippen LogP contribution in [0.4, 0.5) is 0 Å². The van der Waals surface area contributed by atoms with Crippen molar-refractivity contribution >= 4 is 5.91 Å². The number of carbonyl (C=O) groups excluding carboxylic acids is 1. The molecule has 3 N–H and O–H groups in total. The van der Waals surface area contributed by atoms with Crippen molar-refractivity contribution in [1.29, 1.82) is 0 Å². The minimum atomic E-state index is -0.541. The first-order valence-electron chi connectivity index (χ1n) is 7.20. The standard InChI is InChI=1S/C13H25N5O/c1-2-4-11-5-7-13(8-6-11,12(14)19)16-9-3-10-17-18-15/h11,16H,2-10H2,1H3,(H2,14,19). The lowest BCUT2D eigenvalue weighted by Gasteiger charge is -2.38. The lowest BCUT2D eigenvalue weighted by molar-refractivity contribution is -0.126. The Balaban J connectivity index is 2.43. The third kappa shape index (κ3) is 4.73. The van der Waals surface area contributed by atoms with Gasteiger partial charge in [-0.3, -0.25) is 4.79 Å². The molecule has 0 radical (unpaired) electrons. The van der Waals surface area contributed by atoms with Crippen LogP contribution >= 0.6 is 0 Å². The zero-order chi connectivity index (χ0) is 14.1. The first-order chi connectivity index (χ1) is 9.14. The van der Waals surface area contributed by atoms with Crippen molar-refractivity contribution in [2.75, 3.05) is 13.1 Å². The van der Waals surface area contributed by atoms with E-state index in [4.69, 9.17) is 11.3 Å². The fourth-order valence-electron chi connectivity index (χ4n) is 2.90. The van der Waals surface area contributed by atoms with Crippen LogP contribution < -0.4 is 11.1 Å². The molecule has 0 atom stereocenters. The van der Waals surface area contributed by atoms with Crippen molar-refractivity contribution in [2.45, 2.75) is 57.4 Å². The Labute approximate surface area is 114 Å². The number of carbonyl (C=O) groups is 1. The molecule has 1 aliphatic carbocycles. The molecule has 0 unspecified atom stereocenters. The van der Waals surface area contributed by atoms with Gasteiger partial charge in [-0.1, -0.05) is 24.9 Å². The van der Waals surface area contributed by atoms with Gasteiger partial charge in [0.2, 0.25) is 5.91 Å². The zero-order valence-electron chi connectivity index (χ0n) is 11.8. The van der Waals surface area contributed by atoms with E-state index in [1.54, 1.807) is 0 Å². The summed E-state index contributed by atoms with van der Waals surface area (Å²) in [6.07, 6.45) is 6.97. The van der Waals surface area contributed by atoms with Crippen molar-refractivity contribution in [2.24, 2.45) is 16.8 Å². The molecule has 0 heterocycles. The van der Waals surface area contributed by atoms with E-state index in [0.717, 1.165) is 38.0 Å². The van der Waals surface area contributed by atoms with Crippen molar-refractivity contribution in [3.05, 3.63) is 10.4 Å². The minimum absolute atomic E-state index is 0.244. The summed E-state index contributed by atoms with van der Waals surface area (Å²) in [5.41, 5.74) is 13.2. The number of rotatable bonds is 8. The molecule has 1 saturated carbocycles. The normalized spacial score (nSPS) is 26.7. The highest BCUT2D eigenvalue weighted by atomic mass is 16.1.